The molecular formula is C16H24FNO. The average molecular weight is 265 g/mol. The summed E-state index contributed by atoms with van der Waals surface area (Å²) in [5.41, 5.74) is 1.31. The number of Topliss-reactive ketones (excluding diaryl/α,β-unsaturated/α-hetero) is 1. The molecule has 0 radical (unpaired) electrons. The van der Waals surface area contributed by atoms with Gasteiger partial charge in [-0.3, -0.25) is 9.69 Å². The zero-order valence-corrected chi connectivity index (χ0v) is 12.6. The van der Waals surface area contributed by atoms with Crippen molar-refractivity contribution in [2.75, 3.05) is 14.1 Å². The molecule has 1 rings (SSSR count). The van der Waals surface area contributed by atoms with Crippen LogP contribution in [0.2, 0.25) is 0 Å². The maximum absolute atomic E-state index is 13.3. The van der Waals surface area contributed by atoms with Gasteiger partial charge in [0.05, 0.1) is 5.54 Å². The van der Waals surface area contributed by atoms with Crippen LogP contribution in [0.1, 0.15) is 37.8 Å². The Hall–Kier alpha value is -1.22. The smallest absolute Gasteiger partial charge is 0.157 e. The van der Waals surface area contributed by atoms with E-state index < -0.39 is 5.54 Å². The van der Waals surface area contributed by atoms with Crippen LogP contribution >= 0.6 is 0 Å². The van der Waals surface area contributed by atoms with E-state index in [-0.39, 0.29) is 11.6 Å². The first-order chi connectivity index (χ1) is 8.87. The molecule has 0 atom stereocenters. The van der Waals surface area contributed by atoms with Crippen molar-refractivity contribution in [2.24, 2.45) is 0 Å². The first-order valence-corrected chi connectivity index (χ1v) is 6.83. The van der Waals surface area contributed by atoms with Crippen molar-refractivity contribution in [3.8, 4) is 0 Å². The Labute approximate surface area is 115 Å². The van der Waals surface area contributed by atoms with E-state index in [2.05, 4.69) is 0 Å². The molecule has 2 nitrogen and oxygen atoms in total. The van der Waals surface area contributed by atoms with E-state index in [9.17, 15) is 9.18 Å². The molecule has 0 saturated carbocycles. The third-order valence-electron chi connectivity index (χ3n) is 4.21. The second kappa shape index (κ2) is 6.29. The number of rotatable bonds is 6. The molecule has 0 fully saturated rings. The maximum Gasteiger partial charge on any atom is 0.157 e. The number of halogens is 1. The quantitative estimate of drug-likeness (QED) is 0.786. The Morgan fingerprint density at radius 2 is 1.84 bits per heavy atom. The number of ketones is 1. The molecule has 0 saturated heterocycles. The number of likely N-dealkylation sites (N-methyl/N-ethyl adjacent to an activating group) is 1. The van der Waals surface area contributed by atoms with Crippen LogP contribution in [0.4, 0.5) is 4.39 Å². The van der Waals surface area contributed by atoms with Crippen LogP contribution in [-0.4, -0.2) is 30.3 Å². The lowest BCUT2D eigenvalue weighted by Gasteiger charge is -2.37. The van der Waals surface area contributed by atoms with Crippen molar-refractivity contribution in [1.82, 2.24) is 4.90 Å². The molecule has 3 heteroatoms. The van der Waals surface area contributed by atoms with Gasteiger partial charge < -0.3 is 0 Å². The minimum absolute atomic E-state index is 0.163. The zero-order valence-electron chi connectivity index (χ0n) is 12.6. The van der Waals surface area contributed by atoms with Crippen LogP contribution in [0.15, 0.2) is 18.2 Å². The van der Waals surface area contributed by atoms with Crippen molar-refractivity contribution in [2.45, 2.75) is 45.6 Å². The number of aryl methyl sites for hydroxylation is 1. The minimum atomic E-state index is -0.446. The summed E-state index contributed by atoms with van der Waals surface area (Å²) >= 11 is 0. The summed E-state index contributed by atoms with van der Waals surface area (Å²) in [5, 5.41) is 0. The molecule has 1 aromatic rings. The molecule has 0 spiro atoms. The number of hydrogen-bond donors (Lipinski definition) is 0. The molecule has 0 aliphatic carbocycles. The number of nitrogens with zero attached hydrogens (tertiary/aromatic N) is 1. The lowest BCUT2D eigenvalue weighted by Crippen LogP contribution is -2.51. The van der Waals surface area contributed by atoms with Gasteiger partial charge in [-0.2, -0.15) is 0 Å². The summed E-state index contributed by atoms with van der Waals surface area (Å²) in [4.78, 5) is 14.6. The highest BCUT2D eigenvalue weighted by Crippen LogP contribution is 2.25. The molecule has 1 aromatic carbocycles. The van der Waals surface area contributed by atoms with Crippen LogP contribution in [-0.2, 0) is 11.2 Å². The first kappa shape index (κ1) is 15.8. The van der Waals surface area contributed by atoms with Gasteiger partial charge in [0.15, 0.2) is 5.78 Å². The predicted molar refractivity (Wildman–Crippen MR) is 76.8 cm³/mol. The molecule has 0 N–H and O–H groups in total. The lowest BCUT2D eigenvalue weighted by molar-refractivity contribution is -0.129. The van der Waals surface area contributed by atoms with Crippen molar-refractivity contribution >= 4 is 5.78 Å². The molecule has 0 amide bonds. The number of benzene rings is 1. The van der Waals surface area contributed by atoms with Gasteiger partial charge in [-0.15, -0.1) is 0 Å². The molecule has 19 heavy (non-hydrogen) atoms. The third-order valence-corrected chi connectivity index (χ3v) is 4.21. The van der Waals surface area contributed by atoms with E-state index in [1.54, 1.807) is 6.07 Å². The molecule has 106 valence electrons. The van der Waals surface area contributed by atoms with Crippen LogP contribution in [0, 0.1) is 12.7 Å². The molecule has 0 aromatic heterocycles. The van der Waals surface area contributed by atoms with Crippen LogP contribution in [0.3, 0.4) is 0 Å². The summed E-state index contributed by atoms with van der Waals surface area (Å²) in [6.07, 6.45) is 1.83. The molecule has 0 heterocycles. The fraction of sp³-hybridized carbons (Fsp3) is 0.562. The highest BCUT2D eigenvalue weighted by atomic mass is 19.1. The Balaban J connectivity index is 3.03. The van der Waals surface area contributed by atoms with E-state index >= 15 is 0 Å². The van der Waals surface area contributed by atoms with Gasteiger partial charge in [0.2, 0.25) is 0 Å². The average Bonchev–Trinajstić information content (AvgIpc) is 2.35. The summed E-state index contributed by atoms with van der Waals surface area (Å²) in [6, 6.07) is 4.63. The van der Waals surface area contributed by atoms with Crippen molar-refractivity contribution in [3.63, 3.8) is 0 Å². The molecular weight excluding hydrogens is 241 g/mol. The highest BCUT2D eigenvalue weighted by Gasteiger charge is 2.36. The van der Waals surface area contributed by atoms with Crippen molar-refractivity contribution < 1.29 is 9.18 Å². The standard InChI is InChI=1S/C16H24FNO/c1-6-16(7-2,18(4)5)15(19)11-13-10-14(17)9-8-12(13)3/h8-10H,6-7,11H2,1-5H3. The van der Waals surface area contributed by atoms with Gasteiger partial charge in [0.25, 0.3) is 0 Å². The topological polar surface area (TPSA) is 20.3 Å². The first-order valence-electron chi connectivity index (χ1n) is 6.83. The largest absolute Gasteiger partial charge is 0.297 e. The van der Waals surface area contributed by atoms with E-state index in [0.29, 0.717) is 6.42 Å². The second-order valence-electron chi connectivity index (χ2n) is 5.30. The van der Waals surface area contributed by atoms with Crippen molar-refractivity contribution in [1.29, 1.82) is 0 Å². The van der Waals surface area contributed by atoms with Gasteiger partial charge in [0, 0.05) is 6.42 Å². The van der Waals surface area contributed by atoms with Crippen LogP contribution < -0.4 is 0 Å². The molecule has 0 bridgehead atoms. The van der Waals surface area contributed by atoms with Gasteiger partial charge in [-0.25, -0.2) is 4.39 Å². The molecule has 0 aliphatic heterocycles. The fourth-order valence-electron chi connectivity index (χ4n) is 2.69. The summed E-state index contributed by atoms with van der Waals surface area (Å²) < 4.78 is 13.3. The van der Waals surface area contributed by atoms with Crippen LogP contribution in [0.25, 0.3) is 0 Å². The number of carbonyl (C=O) groups excluding carboxylic acids is 1. The Morgan fingerprint density at radius 1 is 1.26 bits per heavy atom. The van der Waals surface area contributed by atoms with Crippen LogP contribution in [0.5, 0.6) is 0 Å². The molecule has 0 unspecified atom stereocenters. The van der Waals surface area contributed by atoms with Gasteiger partial charge in [-0.1, -0.05) is 19.9 Å². The van der Waals surface area contributed by atoms with E-state index in [1.165, 1.54) is 12.1 Å². The number of carbonyl (C=O) groups is 1. The lowest BCUT2D eigenvalue weighted by atomic mass is 9.83. The second-order valence-corrected chi connectivity index (χ2v) is 5.30. The predicted octanol–water partition coefficient (Wildman–Crippen LogP) is 3.37. The van der Waals surface area contributed by atoms with E-state index in [1.807, 2.05) is 39.8 Å². The van der Waals surface area contributed by atoms with E-state index in [0.717, 1.165) is 24.0 Å². The Bertz CT molecular complexity index is 450. The fourth-order valence-corrected chi connectivity index (χ4v) is 2.69. The normalized spacial score (nSPS) is 11.9. The Morgan fingerprint density at radius 3 is 2.32 bits per heavy atom. The minimum Gasteiger partial charge on any atom is -0.297 e. The van der Waals surface area contributed by atoms with Crippen molar-refractivity contribution in [3.05, 3.63) is 35.1 Å². The monoisotopic (exact) mass is 265 g/mol. The zero-order chi connectivity index (χ0) is 14.6. The number of hydrogen-bond acceptors (Lipinski definition) is 2. The summed E-state index contributed by atoms with van der Waals surface area (Å²) in [6.45, 7) is 5.97. The van der Waals surface area contributed by atoms with Gasteiger partial charge >= 0.3 is 0 Å². The molecule has 0 aliphatic rings. The summed E-state index contributed by atoms with van der Waals surface area (Å²) in [7, 11) is 3.87. The third kappa shape index (κ3) is 3.21. The van der Waals surface area contributed by atoms with Gasteiger partial charge in [0.1, 0.15) is 5.82 Å². The highest BCUT2D eigenvalue weighted by molar-refractivity contribution is 5.90. The Kier molecular flexibility index (Phi) is 5.24. The maximum atomic E-state index is 13.3. The summed E-state index contributed by atoms with van der Waals surface area (Å²) in [5.74, 6) is -0.118. The SMILES string of the molecule is CCC(CC)(C(=O)Cc1cc(F)ccc1C)N(C)C. The van der Waals surface area contributed by atoms with E-state index in [4.69, 9.17) is 0 Å². The van der Waals surface area contributed by atoms with Gasteiger partial charge in [-0.05, 0) is 57.1 Å².